The second-order valence-corrected chi connectivity index (χ2v) is 7.03. The Labute approximate surface area is 148 Å². The summed E-state index contributed by atoms with van der Waals surface area (Å²) >= 11 is 0. The van der Waals surface area contributed by atoms with Gasteiger partial charge in [-0.25, -0.2) is 4.39 Å². The Bertz CT molecular complexity index is 636. The van der Waals surface area contributed by atoms with Crippen LogP contribution >= 0.6 is 0 Å². The number of nitrogens with zero attached hydrogens (tertiary/aromatic N) is 2. The zero-order valence-corrected chi connectivity index (χ0v) is 14.8. The number of carbonyl (C=O) groups is 2. The maximum Gasteiger partial charge on any atom is 0.234 e. The highest BCUT2D eigenvalue weighted by Crippen LogP contribution is 2.22. The molecule has 1 aromatic carbocycles. The summed E-state index contributed by atoms with van der Waals surface area (Å²) in [5.74, 6) is -0.402. The van der Waals surface area contributed by atoms with Gasteiger partial charge in [-0.15, -0.1) is 0 Å². The lowest BCUT2D eigenvalue weighted by Crippen LogP contribution is -2.50. The fraction of sp³-hybridized carbons (Fsp3) is 0.579. The highest BCUT2D eigenvalue weighted by atomic mass is 19.1. The first kappa shape index (κ1) is 17.9. The zero-order valence-electron chi connectivity index (χ0n) is 14.8. The fourth-order valence-corrected chi connectivity index (χ4v) is 3.68. The molecule has 1 aromatic rings. The van der Waals surface area contributed by atoms with E-state index in [1.165, 1.54) is 25.8 Å². The second-order valence-electron chi connectivity index (χ2n) is 7.03. The van der Waals surface area contributed by atoms with Crippen LogP contribution in [0.2, 0.25) is 0 Å². The average molecular weight is 347 g/mol. The van der Waals surface area contributed by atoms with Crippen molar-refractivity contribution in [3.8, 4) is 0 Å². The van der Waals surface area contributed by atoms with Gasteiger partial charge in [0.15, 0.2) is 5.78 Å². The van der Waals surface area contributed by atoms with Crippen LogP contribution in [0.1, 0.15) is 43.0 Å². The van der Waals surface area contributed by atoms with Gasteiger partial charge in [0, 0.05) is 37.8 Å². The molecular formula is C19H26FN3O2. The van der Waals surface area contributed by atoms with E-state index in [4.69, 9.17) is 0 Å². The van der Waals surface area contributed by atoms with E-state index in [0.29, 0.717) is 36.9 Å². The van der Waals surface area contributed by atoms with Crippen molar-refractivity contribution in [2.24, 2.45) is 0 Å². The van der Waals surface area contributed by atoms with Gasteiger partial charge in [0.2, 0.25) is 5.91 Å². The summed E-state index contributed by atoms with van der Waals surface area (Å²) in [7, 11) is 0. The van der Waals surface area contributed by atoms with Crippen molar-refractivity contribution in [2.45, 2.75) is 38.6 Å². The van der Waals surface area contributed by atoms with E-state index in [1.807, 2.05) is 4.90 Å². The number of piperazine rings is 1. The number of anilines is 1. The first-order chi connectivity index (χ1) is 12.0. The van der Waals surface area contributed by atoms with Crippen LogP contribution < -0.4 is 10.2 Å². The minimum Gasteiger partial charge on any atom is -0.367 e. The van der Waals surface area contributed by atoms with Gasteiger partial charge in [0.05, 0.1) is 12.2 Å². The van der Waals surface area contributed by atoms with Gasteiger partial charge in [-0.2, -0.15) is 0 Å². The molecule has 3 rings (SSSR count). The van der Waals surface area contributed by atoms with Gasteiger partial charge in [-0.1, -0.05) is 12.8 Å². The maximum absolute atomic E-state index is 14.3. The molecule has 0 unspecified atom stereocenters. The van der Waals surface area contributed by atoms with Crippen molar-refractivity contribution in [3.05, 3.63) is 29.6 Å². The smallest absolute Gasteiger partial charge is 0.234 e. The number of carbonyl (C=O) groups excluding carboxylic acids is 2. The molecular weight excluding hydrogens is 321 g/mol. The number of hydrogen-bond donors (Lipinski definition) is 1. The topological polar surface area (TPSA) is 52.7 Å². The van der Waals surface area contributed by atoms with E-state index in [9.17, 15) is 14.0 Å². The van der Waals surface area contributed by atoms with E-state index >= 15 is 0 Å². The number of hydrogen-bond acceptors (Lipinski definition) is 4. The molecule has 0 aromatic heterocycles. The summed E-state index contributed by atoms with van der Waals surface area (Å²) in [5.41, 5.74) is 0.920. The second kappa shape index (κ2) is 7.95. The molecule has 5 nitrogen and oxygen atoms in total. The summed E-state index contributed by atoms with van der Waals surface area (Å²) in [6, 6.07) is 5.00. The minimum atomic E-state index is -0.361. The monoisotopic (exact) mass is 347 g/mol. The zero-order chi connectivity index (χ0) is 17.8. The molecule has 0 bridgehead atoms. The number of nitrogens with one attached hydrogen (secondary N) is 1. The van der Waals surface area contributed by atoms with Gasteiger partial charge in [0.1, 0.15) is 5.82 Å². The van der Waals surface area contributed by atoms with Crippen LogP contribution in [0, 0.1) is 5.82 Å². The van der Waals surface area contributed by atoms with E-state index in [-0.39, 0.29) is 17.5 Å². The molecule has 1 saturated heterocycles. The molecule has 0 spiro atoms. The van der Waals surface area contributed by atoms with Gasteiger partial charge in [-0.05, 0) is 38.0 Å². The predicted molar refractivity (Wildman–Crippen MR) is 95.5 cm³/mol. The lowest BCUT2D eigenvalue weighted by molar-refractivity contribution is -0.123. The number of benzene rings is 1. The Kier molecular flexibility index (Phi) is 5.68. The number of Topliss-reactive ketones (excluding diaryl/α,β-unsaturated/α-hetero) is 1. The molecule has 25 heavy (non-hydrogen) atoms. The summed E-state index contributed by atoms with van der Waals surface area (Å²) in [6.45, 7) is 4.65. The third kappa shape index (κ3) is 4.57. The van der Waals surface area contributed by atoms with Crippen molar-refractivity contribution in [2.75, 3.05) is 37.6 Å². The van der Waals surface area contributed by atoms with Crippen LogP contribution in [0.5, 0.6) is 0 Å². The van der Waals surface area contributed by atoms with Crippen molar-refractivity contribution >= 4 is 17.4 Å². The third-order valence-electron chi connectivity index (χ3n) is 5.15. The largest absolute Gasteiger partial charge is 0.367 e. The molecule has 1 aliphatic carbocycles. The minimum absolute atomic E-state index is 0.0948. The molecule has 0 atom stereocenters. The van der Waals surface area contributed by atoms with Crippen molar-refractivity contribution < 1.29 is 14.0 Å². The molecule has 136 valence electrons. The number of amides is 1. The Morgan fingerprint density at radius 1 is 1.16 bits per heavy atom. The maximum atomic E-state index is 14.3. The quantitative estimate of drug-likeness (QED) is 0.830. The van der Waals surface area contributed by atoms with Crippen LogP contribution in [-0.2, 0) is 4.79 Å². The van der Waals surface area contributed by atoms with Crippen molar-refractivity contribution in [1.29, 1.82) is 0 Å². The molecule has 1 N–H and O–H groups in total. The van der Waals surface area contributed by atoms with Crippen LogP contribution in [0.15, 0.2) is 18.2 Å². The fourth-order valence-electron chi connectivity index (χ4n) is 3.68. The first-order valence-corrected chi connectivity index (χ1v) is 9.10. The van der Waals surface area contributed by atoms with Crippen molar-refractivity contribution in [3.63, 3.8) is 0 Å². The van der Waals surface area contributed by atoms with Gasteiger partial charge >= 0.3 is 0 Å². The molecule has 1 amide bonds. The van der Waals surface area contributed by atoms with Crippen LogP contribution in [0.4, 0.5) is 10.1 Å². The number of halogens is 1. The lowest BCUT2D eigenvalue weighted by atomic mass is 10.1. The van der Waals surface area contributed by atoms with Gasteiger partial charge < -0.3 is 10.2 Å². The highest BCUT2D eigenvalue weighted by molar-refractivity contribution is 5.94. The molecule has 2 aliphatic rings. The summed E-state index contributed by atoms with van der Waals surface area (Å²) in [6.07, 6.45) is 4.60. The first-order valence-electron chi connectivity index (χ1n) is 9.10. The summed E-state index contributed by atoms with van der Waals surface area (Å²) in [5, 5.41) is 3.11. The highest BCUT2D eigenvalue weighted by Gasteiger charge is 2.23. The molecule has 2 fully saturated rings. The van der Waals surface area contributed by atoms with Crippen LogP contribution in [0.3, 0.4) is 0 Å². The predicted octanol–water partition coefficient (Wildman–Crippen LogP) is 2.21. The molecule has 1 aliphatic heterocycles. The number of rotatable bonds is 5. The summed E-state index contributed by atoms with van der Waals surface area (Å²) in [4.78, 5) is 27.5. The van der Waals surface area contributed by atoms with E-state index in [0.717, 1.165) is 25.9 Å². The lowest BCUT2D eigenvalue weighted by Gasteiger charge is -2.36. The normalized spacial score (nSPS) is 19.2. The summed E-state index contributed by atoms with van der Waals surface area (Å²) < 4.78 is 14.3. The van der Waals surface area contributed by atoms with Crippen LogP contribution in [-0.4, -0.2) is 55.4 Å². The van der Waals surface area contributed by atoms with Crippen LogP contribution in [0.25, 0.3) is 0 Å². The Morgan fingerprint density at radius 3 is 2.44 bits per heavy atom. The SMILES string of the molecule is CC(=O)c1ccc(N2CCN(CC(=O)NC3CCCC3)CC2)c(F)c1. The average Bonchev–Trinajstić information content (AvgIpc) is 3.08. The molecule has 1 heterocycles. The standard InChI is InChI=1S/C19H26FN3O2/c1-14(24)15-6-7-18(17(20)12-15)23-10-8-22(9-11-23)13-19(25)21-16-4-2-3-5-16/h6-7,12,16H,2-5,8-11,13H2,1H3,(H,21,25). The van der Waals surface area contributed by atoms with Gasteiger partial charge in [0.25, 0.3) is 0 Å². The van der Waals surface area contributed by atoms with E-state index in [2.05, 4.69) is 10.2 Å². The van der Waals surface area contributed by atoms with E-state index in [1.54, 1.807) is 12.1 Å². The Balaban J connectivity index is 1.50. The Morgan fingerprint density at radius 2 is 1.84 bits per heavy atom. The molecule has 1 saturated carbocycles. The van der Waals surface area contributed by atoms with Gasteiger partial charge in [-0.3, -0.25) is 14.5 Å². The third-order valence-corrected chi connectivity index (χ3v) is 5.15. The molecule has 0 radical (unpaired) electrons. The molecule has 6 heteroatoms. The van der Waals surface area contributed by atoms with E-state index < -0.39 is 0 Å². The van der Waals surface area contributed by atoms with Crippen molar-refractivity contribution in [1.82, 2.24) is 10.2 Å². The number of ketones is 1. The Hall–Kier alpha value is -1.95.